The van der Waals surface area contributed by atoms with Gasteiger partial charge in [0.15, 0.2) is 0 Å². The number of halogens is 1. The highest BCUT2D eigenvalue weighted by Crippen LogP contribution is 2.28. The maximum absolute atomic E-state index is 13.1. The number of pyridine rings is 1. The Balaban J connectivity index is 1.56. The fourth-order valence-corrected chi connectivity index (χ4v) is 3.25. The molecule has 154 valence electrons. The number of aromatic nitrogens is 3. The van der Waals surface area contributed by atoms with Crippen molar-refractivity contribution in [1.29, 1.82) is 0 Å². The van der Waals surface area contributed by atoms with E-state index in [0.29, 0.717) is 47.0 Å². The zero-order valence-electron chi connectivity index (χ0n) is 17.0. The Morgan fingerprint density at radius 2 is 2.20 bits per heavy atom. The molecule has 0 unspecified atom stereocenters. The molecule has 6 nitrogen and oxygen atoms in total. The first-order valence-electron chi connectivity index (χ1n) is 10.00. The first kappa shape index (κ1) is 19.9. The molecule has 1 saturated carbocycles. The fourth-order valence-electron chi connectivity index (χ4n) is 3.25. The number of alkyl halides is 1. The van der Waals surface area contributed by atoms with Crippen LogP contribution in [0.4, 0.5) is 4.39 Å². The topological polar surface area (TPSA) is 71.1 Å². The predicted molar refractivity (Wildman–Crippen MR) is 112 cm³/mol. The molecule has 1 N–H and O–H groups in total. The van der Waals surface area contributed by atoms with Crippen LogP contribution in [0.15, 0.2) is 30.6 Å². The molecule has 4 rings (SSSR count). The highest BCUT2D eigenvalue weighted by molar-refractivity contribution is 5.95. The lowest BCUT2D eigenvalue weighted by Gasteiger charge is -2.18. The van der Waals surface area contributed by atoms with E-state index in [0.717, 1.165) is 24.0 Å². The van der Waals surface area contributed by atoms with Crippen molar-refractivity contribution in [1.82, 2.24) is 20.1 Å². The predicted octanol–water partition coefficient (Wildman–Crippen LogP) is 3.86. The standard InChI is InChI=1S/C23H23FN4O2/c1-3-30-21-10-17(9-8-16(21)7-6-15-4-5-15)23(29)28(2)14-18-12-25-20(11-24)19-13-26-27-22(18)19/h8-10,12-13,15H,3-5,11,14H2,1-2H3,(H,26,27). The molecule has 2 aromatic heterocycles. The summed E-state index contributed by atoms with van der Waals surface area (Å²) in [7, 11) is 1.72. The fraction of sp³-hybridized carbons (Fsp3) is 0.348. The Morgan fingerprint density at radius 3 is 2.93 bits per heavy atom. The summed E-state index contributed by atoms with van der Waals surface area (Å²) in [6.07, 6.45) is 5.45. The number of nitrogens with zero attached hydrogens (tertiary/aromatic N) is 3. The molecule has 7 heteroatoms. The van der Waals surface area contributed by atoms with E-state index in [4.69, 9.17) is 4.74 Å². The van der Waals surface area contributed by atoms with E-state index in [1.807, 2.05) is 13.0 Å². The van der Waals surface area contributed by atoms with Crippen LogP contribution in [-0.4, -0.2) is 39.6 Å². The number of hydrogen-bond acceptors (Lipinski definition) is 4. The molecule has 1 aromatic carbocycles. The molecule has 0 radical (unpaired) electrons. The number of hydrogen-bond donors (Lipinski definition) is 1. The maximum Gasteiger partial charge on any atom is 0.254 e. The average molecular weight is 406 g/mol. The van der Waals surface area contributed by atoms with Crippen LogP contribution in [0.2, 0.25) is 0 Å². The summed E-state index contributed by atoms with van der Waals surface area (Å²) >= 11 is 0. The number of benzene rings is 1. The summed E-state index contributed by atoms with van der Waals surface area (Å²) in [5, 5.41) is 7.50. The zero-order valence-corrected chi connectivity index (χ0v) is 17.0. The quantitative estimate of drug-likeness (QED) is 0.631. The summed E-state index contributed by atoms with van der Waals surface area (Å²) < 4.78 is 18.8. The Hall–Kier alpha value is -3.40. The minimum absolute atomic E-state index is 0.153. The van der Waals surface area contributed by atoms with Gasteiger partial charge in [0.05, 0.1) is 29.6 Å². The summed E-state index contributed by atoms with van der Waals surface area (Å²) in [6, 6.07) is 5.36. The molecular weight excluding hydrogens is 383 g/mol. The number of carbonyl (C=O) groups is 1. The average Bonchev–Trinajstić information content (AvgIpc) is 3.46. The van der Waals surface area contributed by atoms with E-state index in [1.165, 1.54) is 0 Å². The third-order valence-electron chi connectivity index (χ3n) is 5.05. The Labute approximate surface area is 174 Å². The number of H-pyrrole nitrogens is 1. The van der Waals surface area contributed by atoms with Gasteiger partial charge in [-0.15, -0.1) is 0 Å². The highest BCUT2D eigenvalue weighted by atomic mass is 19.1. The van der Waals surface area contributed by atoms with Gasteiger partial charge in [-0.25, -0.2) is 4.39 Å². The van der Waals surface area contributed by atoms with Crippen LogP contribution in [0.3, 0.4) is 0 Å². The first-order valence-corrected chi connectivity index (χ1v) is 10.00. The number of fused-ring (bicyclic) bond motifs is 1. The zero-order chi connectivity index (χ0) is 21.1. The van der Waals surface area contributed by atoms with Crippen molar-refractivity contribution in [3.8, 4) is 17.6 Å². The lowest BCUT2D eigenvalue weighted by atomic mass is 10.1. The van der Waals surface area contributed by atoms with Gasteiger partial charge in [-0.1, -0.05) is 11.8 Å². The smallest absolute Gasteiger partial charge is 0.254 e. The third kappa shape index (κ3) is 4.13. The van der Waals surface area contributed by atoms with Gasteiger partial charge in [0.2, 0.25) is 0 Å². The van der Waals surface area contributed by atoms with Gasteiger partial charge in [0.1, 0.15) is 12.4 Å². The number of nitrogens with one attached hydrogen (secondary N) is 1. The molecule has 2 heterocycles. The van der Waals surface area contributed by atoms with Crippen molar-refractivity contribution in [3.05, 3.63) is 53.0 Å². The molecular formula is C23H23FN4O2. The number of amides is 1. The number of carbonyl (C=O) groups excluding carboxylic acids is 1. The first-order chi connectivity index (χ1) is 14.6. The van der Waals surface area contributed by atoms with E-state index in [1.54, 1.807) is 36.5 Å². The molecule has 0 saturated heterocycles. The van der Waals surface area contributed by atoms with Crippen molar-refractivity contribution < 1.29 is 13.9 Å². The normalized spacial score (nSPS) is 13.0. The van der Waals surface area contributed by atoms with E-state index in [2.05, 4.69) is 27.0 Å². The minimum atomic E-state index is -0.665. The van der Waals surface area contributed by atoms with Crippen LogP contribution < -0.4 is 4.74 Å². The molecule has 1 aliphatic carbocycles. The Kier molecular flexibility index (Phi) is 5.66. The van der Waals surface area contributed by atoms with Gasteiger partial charge >= 0.3 is 0 Å². The van der Waals surface area contributed by atoms with Gasteiger partial charge < -0.3 is 9.64 Å². The lowest BCUT2D eigenvalue weighted by molar-refractivity contribution is 0.0785. The van der Waals surface area contributed by atoms with Crippen LogP contribution in [0, 0.1) is 17.8 Å². The van der Waals surface area contributed by atoms with Crippen LogP contribution >= 0.6 is 0 Å². The van der Waals surface area contributed by atoms with Crippen molar-refractivity contribution in [2.75, 3.05) is 13.7 Å². The molecule has 0 atom stereocenters. The maximum atomic E-state index is 13.1. The van der Waals surface area contributed by atoms with Crippen molar-refractivity contribution in [2.45, 2.75) is 33.0 Å². The van der Waals surface area contributed by atoms with E-state index in [9.17, 15) is 9.18 Å². The van der Waals surface area contributed by atoms with Crippen LogP contribution in [0.5, 0.6) is 5.75 Å². The monoisotopic (exact) mass is 406 g/mol. The summed E-state index contributed by atoms with van der Waals surface area (Å²) in [5.74, 6) is 7.36. The van der Waals surface area contributed by atoms with Gasteiger partial charge in [-0.05, 0) is 38.0 Å². The van der Waals surface area contributed by atoms with Gasteiger partial charge in [-0.2, -0.15) is 5.10 Å². The third-order valence-corrected chi connectivity index (χ3v) is 5.05. The molecule has 1 fully saturated rings. The second-order valence-corrected chi connectivity index (χ2v) is 7.37. The largest absolute Gasteiger partial charge is 0.493 e. The van der Waals surface area contributed by atoms with Crippen LogP contribution in [-0.2, 0) is 13.2 Å². The van der Waals surface area contributed by atoms with Crippen molar-refractivity contribution in [2.24, 2.45) is 5.92 Å². The molecule has 30 heavy (non-hydrogen) atoms. The highest BCUT2D eigenvalue weighted by Gasteiger charge is 2.19. The summed E-state index contributed by atoms with van der Waals surface area (Å²) in [4.78, 5) is 18.8. The van der Waals surface area contributed by atoms with Crippen molar-refractivity contribution >= 4 is 16.8 Å². The van der Waals surface area contributed by atoms with Crippen LogP contribution in [0.1, 0.15) is 46.9 Å². The number of rotatable bonds is 6. The molecule has 0 spiro atoms. The van der Waals surface area contributed by atoms with Gasteiger partial charge in [0.25, 0.3) is 5.91 Å². The number of aromatic amines is 1. The second kappa shape index (κ2) is 8.54. The van der Waals surface area contributed by atoms with E-state index in [-0.39, 0.29) is 5.91 Å². The Bertz CT molecular complexity index is 1140. The Morgan fingerprint density at radius 1 is 1.37 bits per heavy atom. The molecule has 1 amide bonds. The van der Waals surface area contributed by atoms with Gasteiger partial charge in [-0.3, -0.25) is 14.9 Å². The molecule has 1 aliphatic rings. The van der Waals surface area contributed by atoms with E-state index < -0.39 is 6.67 Å². The van der Waals surface area contributed by atoms with Gasteiger partial charge in [0, 0.05) is 42.2 Å². The minimum Gasteiger partial charge on any atom is -0.493 e. The SMILES string of the molecule is CCOc1cc(C(=O)N(C)Cc2cnc(CF)c3cn[nH]c23)ccc1C#CC1CC1. The molecule has 0 aliphatic heterocycles. The number of ether oxygens (including phenoxy) is 1. The second-order valence-electron chi connectivity index (χ2n) is 7.37. The van der Waals surface area contributed by atoms with Crippen LogP contribution in [0.25, 0.3) is 10.9 Å². The summed E-state index contributed by atoms with van der Waals surface area (Å²) in [6.45, 7) is 2.05. The molecule has 3 aromatic rings. The molecule has 0 bridgehead atoms. The lowest BCUT2D eigenvalue weighted by Crippen LogP contribution is -2.26. The summed E-state index contributed by atoms with van der Waals surface area (Å²) in [5.41, 5.74) is 3.12. The van der Waals surface area contributed by atoms with E-state index >= 15 is 0 Å². The van der Waals surface area contributed by atoms with Crippen molar-refractivity contribution in [3.63, 3.8) is 0 Å².